The third-order valence-corrected chi connectivity index (χ3v) is 5.46. The van der Waals surface area contributed by atoms with Gasteiger partial charge in [-0.3, -0.25) is 9.89 Å². The summed E-state index contributed by atoms with van der Waals surface area (Å²) in [6.07, 6.45) is 2.13. The molecule has 1 atom stereocenters. The predicted octanol–water partition coefficient (Wildman–Crippen LogP) is 2.33. The minimum absolute atomic E-state index is 0. The molecule has 6 nitrogen and oxygen atoms in total. The van der Waals surface area contributed by atoms with E-state index in [1.807, 2.05) is 18.4 Å². The van der Waals surface area contributed by atoms with Gasteiger partial charge < -0.3 is 20.1 Å². The number of guanidine groups is 1. The molecule has 0 saturated heterocycles. The van der Waals surface area contributed by atoms with Crippen LogP contribution in [0.2, 0.25) is 0 Å². The molecule has 1 unspecified atom stereocenters. The van der Waals surface area contributed by atoms with Crippen molar-refractivity contribution in [2.75, 3.05) is 53.6 Å². The third-order valence-electron chi connectivity index (χ3n) is 4.44. The Labute approximate surface area is 178 Å². The maximum atomic E-state index is 5.46. The molecule has 2 N–H and O–H groups in total. The Kier molecular flexibility index (Phi) is 12.4. The molecular weight excluding hydrogens is 463 g/mol. The molecule has 1 aliphatic heterocycles. The summed E-state index contributed by atoms with van der Waals surface area (Å²) in [6, 6.07) is 2.74. The van der Waals surface area contributed by atoms with E-state index in [9.17, 15) is 0 Å². The second kappa shape index (κ2) is 13.7. The largest absolute Gasteiger partial charge is 0.382 e. The molecule has 0 bridgehead atoms. The normalized spacial score (nSPS) is 15.9. The van der Waals surface area contributed by atoms with Crippen molar-refractivity contribution in [1.29, 1.82) is 0 Å². The summed E-state index contributed by atoms with van der Waals surface area (Å²) in [5, 5.41) is 8.99. The number of rotatable bonds is 10. The second-order valence-electron chi connectivity index (χ2n) is 6.28. The molecule has 2 rings (SSSR count). The fraction of sp³-hybridized carbons (Fsp3) is 0.722. The minimum Gasteiger partial charge on any atom is -0.382 e. The average molecular weight is 496 g/mol. The average Bonchev–Trinajstić information content (AvgIpc) is 3.10. The summed E-state index contributed by atoms with van der Waals surface area (Å²) < 4.78 is 10.4. The monoisotopic (exact) mass is 496 g/mol. The number of methoxy groups -OCH3 is 1. The number of halogens is 1. The first-order valence-electron chi connectivity index (χ1n) is 9.05. The van der Waals surface area contributed by atoms with Crippen LogP contribution in [0.4, 0.5) is 0 Å². The summed E-state index contributed by atoms with van der Waals surface area (Å²) in [7, 11) is 3.50. The van der Waals surface area contributed by atoms with E-state index < -0.39 is 0 Å². The predicted molar refractivity (Wildman–Crippen MR) is 120 cm³/mol. The van der Waals surface area contributed by atoms with E-state index in [0.717, 1.165) is 45.2 Å². The zero-order valence-corrected chi connectivity index (χ0v) is 19.3. The van der Waals surface area contributed by atoms with Crippen LogP contribution >= 0.6 is 35.3 Å². The van der Waals surface area contributed by atoms with Crippen LogP contribution in [0.3, 0.4) is 0 Å². The fourth-order valence-electron chi connectivity index (χ4n) is 2.87. The van der Waals surface area contributed by atoms with Gasteiger partial charge in [-0.2, -0.15) is 0 Å². The smallest absolute Gasteiger partial charge is 0.191 e. The van der Waals surface area contributed by atoms with Crippen molar-refractivity contribution in [3.63, 3.8) is 0 Å². The van der Waals surface area contributed by atoms with Gasteiger partial charge in [0.25, 0.3) is 0 Å². The molecule has 0 fully saturated rings. The lowest BCUT2D eigenvalue weighted by Gasteiger charge is -2.32. The molecule has 0 aliphatic carbocycles. The molecular formula is C18H33IN4O2S. The standard InChI is InChI=1S/C18H32N4O2S.HI/c1-15(22-8-5-17-16(14-22)6-12-25-17)13-21-18(19-2)20-7-4-9-24-11-10-23-3;/h6,12,15H,4-5,7-11,13-14H2,1-3H3,(H2,19,20,21);1H. The Morgan fingerprint density at radius 1 is 1.35 bits per heavy atom. The lowest BCUT2D eigenvalue weighted by atomic mass is 10.1. The molecule has 150 valence electrons. The van der Waals surface area contributed by atoms with Crippen LogP contribution in [0.1, 0.15) is 23.8 Å². The van der Waals surface area contributed by atoms with Gasteiger partial charge >= 0.3 is 0 Å². The molecule has 0 spiro atoms. The first kappa shape index (κ1) is 23.6. The summed E-state index contributed by atoms with van der Waals surface area (Å²) in [5.41, 5.74) is 1.50. The lowest BCUT2D eigenvalue weighted by molar-refractivity contribution is 0.0698. The number of hydrogen-bond donors (Lipinski definition) is 2. The Hall–Kier alpha value is -0.420. The second-order valence-corrected chi connectivity index (χ2v) is 7.28. The molecule has 2 heterocycles. The van der Waals surface area contributed by atoms with E-state index >= 15 is 0 Å². The van der Waals surface area contributed by atoms with Gasteiger partial charge in [-0.15, -0.1) is 35.3 Å². The molecule has 8 heteroatoms. The Morgan fingerprint density at radius 2 is 2.19 bits per heavy atom. The number of aliphatic imine (C=N–C) groups is 1. The van der Waals surface area contributed by atoms with Gasteiger partial charge in [-0.25, -0.2) is 0 Å². The van der Waals surface area contributed by atoms with Gasteiger partial charge in [-0.1, -0.05) is 0 Å². The van der Waals surface area contributed by atoms with Crippen molar-refractivity contribution in [3.8, 4) is 0 Å². The number of ether oxygens (including phenoxy) is 2. The van der Waals surface area contributed by atoms with Crippen LogP contribution in [0.15, 0.2) is 16.4 Å². The molecule has 1 aromatic rings. The Bertz CT molecular complexity index is 527. The van der Waals surface area contributed by atoms with Crippen LogP contribution in [0.25, 0.3) is 0 Å². The van der Waals surface area contributed by atoms with Gasteiger partial charge in [0.05, 0.1) is 13.2 Å². The van der Waals surface area contributed by atoms with Crippen LogP contribution in [-0.2, 0) is 22.4 Å². The van der Waals surface area contributed by atoms with Gasteiger partial charge in [-0.05, 0) is 36.8 Å². The minimum atomic E-state index is 0. The van der Waals surface area contributed by atoms with Gasteiger partial charge in [0, 0.05) is 57.9 Å². The van der Waals surface area contributed by atoms with Crippen molar-refractivity contribution in [2.45, 2.75) is 32.4 Å². The fourth-order valence-corrected chi connectivity index (χ4v) is 3.76. The highest BCUT2D eigenvalue weighted by atomic mass is 127. The SMILES string of the molecule is CN=C(NCCCOCCOC)NCC(C)N1CCc2sccc2C1.I. The quantitative estimate of drug-likeness (QED) is 0.226. The van der Waals surface area contributed by atoms with E-state index in [0.29, 0.717) is 19.3 Å². The number of thiophene rings is 1. The highest BCUT2D eigenvalue weighted by Crippen LogP contribution is 2.24. The summed E-state index contributed by atoms with van der Waals surface area (Å²) in [4.78, 5) is 8.39. The van der Waals surface area contributed by atoms with Crippen LogP contribution in [0.5, 0.6) is 0 Å². The molecule has 0 radical (unpaired) electrons. The molecule has 26 heavy (non-hydrogen) atoms. The molecule has 1 aliphatic rings. The van der Waals surface area contributed by atoms with E-state index in [-0.39, 0.29) is 24.0 Å². The van der Waals surface area contributed by atoms with E-state index in [1.165, 1.54) is 12.0 Å². The van der Waals surface area contributed by atoms with Crippen molar-refractivity contribution in [3.05, 3.63) is 21.9 Å². The summed E-state index contributed by atoms with van der Waals surface area (Å²) in [6.45, 7) is 8.27. The van der Waals surface area contributed by atoms with Gasteiger partial charge in [0.2, 0.25) is 0 Å². The lowest BCUT2D eigenvalue weighted by Crippen LogP contribution is -2.47. The number of fused-ring (bicyclic) bond motifs is 1. The molecule has 0 aromatic carbocycles. The first-order valence-corrected chi connectivity index (χ1v) is 9.93. The highest BCUT2D eigenvalue weighted by molar-refractivity contribution is 14.0. The molecule has 0 amide bonds. The topological polar surface area (TPSA) is 58.1 Å². The van der Waals surface area contributed by atoms with Crippen molar-refractivity contribution < 1.29 is 9.47 Å². The Balaban J connectivity index is 0.00000338. The van der Waals surface area contributed by atoms with Gasteiger partial charge in [0.1, 0.15) is 0 Å². The summed E-state index contributed by atoms with van der Waals surface area (Å²) in [5.74, 6) is 0.858. The third kappa shape index (κ3) is 8.08. The van der Waals surface area contributed by atoms with Crippen molar-refractivity contribution in [2.24, 2.45) is 4.99 Å². The zero-order valence-electron chi connectivity index (χ0n) is 16.1. The molecule has 0 saturated carbocycles. The van der Waals surface area contributed by atoms with Crippen LogP contribution < -0.4 is 10.6 Å². The van der Waals surface area contributed by atoms with E-state index in [2.05, 4.69) is 38.9 Å². The van der Waals surface area contributed by atoms with E-state index in [4.69, 9.17) is 9.47 Å². The number of nitrogens with zero attached hydrogens (tertiary/aromatic N) is 2. The zero-order chi connectivity index (χ0) is 17.9. The van der Waals surface area contributed by atoms with Gasteiger partial charge in [0.15, 0.2) is 5.96 Å². The van der Waals surface area contributed by atoms with Crippen molar-refractivity contribution in [1.82, 2.24) is 15.5 Å². The number of nitrogens with one attached hydrogen (secondary N) is 2. The first-order chi connectivity index (χ1) is 12.2. The Morgan fingerprint density at radius 3 is 2.96 bits per heavy atom. The van der Waals surface area contributed by atoms with E-state index in [1.54, 1.807) is 12.0 Å². The molecule has 1 aromatic heterocycles. The van der Waals surface area contributed by atoms with Crippen LogP contribution in [-0.4, -0.2) is 70.5 Å². The number of hydrogen-bond acceptors (Lipinski definition) is 5. The van der Waals surface area contributed by atoms with Crippen molar-refractivity contribution >= 4 is 41.3 Å². The summed E-state index contributed by atoms with van der Waals surface area (Å²) >= 11 is 1.89. The maximum Gasteiger partial charge on any atom is 0.191 e. The maximum absolute atomic E-state index is 5.46. The highest BCUT2D eigenvalue weighted by Gasteiger charge is 2.21. The van der Waals surface area contributed by atoms with Crippen LogP contribution in [0, 0.1) is 0 Å².